The molecule has 0 saturated carbocycles. The van der Waals surface area contributed by atoms with Crippen LogP contribution in [0, 0.1) is 11.3 Å². The summed E-state index contributed by atoms with van der Waals surface area (Å²) in [6.07, 6.45) is 3.75. The van der Waals surface area contributed by atoms with Gasteiger partial charge in [-0.15, -0.1) is 0 Å². The molecule has 3 nitrogen and oxygen atoms in total. The number of nitrogens with one attached hydrogen (secondary N) is 1. The van der Waals surface area contributed by atoms with Gasteiger partial charge in [-0.05, 0) is 35.1 Å². The van der Waals surface area contributed by atoms with Gasteiger partial charge in [0.15, 0.2) is 0 Å². The molecule has 108 valence electrons. The van der Waals surface area contributed by atoms with Crippen LogP contribution in [-0.4, -0.2) is 16.3 Å². The fraction of sp³-hybridized carbons (Fsp3) is 0.471. The fourth-order valence-corrected chi connectivity index (χ4v) is 1.92. The molecule has 0 fully saturated rings. The highest BCUT2D eigenvalue weighted by Crippen LogP contribution is 2.24. The van der Waals surface area contributed by atoms with Crippen LogP contribution in [0.5, 0.6) is 0 Å². The molecular weight excluding hydrogens is 246 g/mol. The van der Waals surface area contributed by atoms with Crippen LogP contribution in [0.25, 0.3) is 5.69 Å². The zero-order valence-electron chi connectivity index (χ0n) is 12.9. The van der Waals surface area contributed by atoms with Crippen LogP contribution in [0.2, 0.25) is 0 Å². The average Bonchev–Trinajstić information content (AvgIpc) is 2.93. The Kier molecular flexibility index (Phi) is 4.61. The Labute approximate surface area is 122 Å². The molecular formula is C17H25N3. The van der Waals surface area contributed by atoms with Gasteiger partial charge in [-0.25, -0.2) is 4.68 Å². The summed E-state index contributed by atoms with van der Waals surface area (Å²) in [5.41, 5.74) is 2.73. The van der Waals surface area contributed by atoms with Gasteiger partial charge in [-0.3, -0.25) is 0 Å². The summed E-state index contributed by atoms with van der Waals surface area (Å²) in [5, 5.41) is 7.79. The Bertz CT molecular complexity index is 510. The van der Waals surface area contributed by atoms with E-state index < -0.39 is 0 Å². The van der Waals surface area contributed by atoms with Crippen LogP contribution in [0.1, 0.15) is 33.3 Å². The number of hydrogen-bond donors (Lipinski definition) is 1. The van der Waals surface area contributed by atoms with Crippen molar-refractivity contribution in [1.29, 1.82) is 0 Å². The predicted octanol–water partition coefficient (Wildman–Crippen LogP) is 3.64. The van der Waals surface area contributed by atoms with Crippen molar-refractivity contribution in [2.45, 2.75) is 34.2 Å². The minimum Gasteiger partial charge on any atom is -0.312 e. The van der Waals surface area contributed by atoms with Crippen molar-refractivity contribution in [2.75, 3.05) is 6.54 Å². The minimum atomic E-state index is 0.328. The topological polar surface area (TPSA) is 29.9 Å². The molecule has 2 aromatic rings. The van der Waals surface area contributed by atoms with Crippen LogP contribution in [-0.2, 0) is 6.54 Å². The first-order chi connectivity index (χ1) is 9.49. The molecule has 0 bridgehead atoms. The largest absolute Gasteiger partial charge is 0.312 e. The molecule has 0 saturated heterocycles. The van der Waals surface area contributed by atoms with Gasteiger partial charge < -0.3 is 5.32 Å². The van der Waals surface area contributed by atoms with E-state index in [-0.39, 0.29) is 0 Å². The Morgan fingerprint density at radius 2 is 1.90 bits per heavy atom. The Hall–Kier alpha value is -1.61. The van der Waals surface area contributed by atoms with E-state index in [0.29, 0.717) is 11.3 Å². The molecule has 0 atom stereocenters. The summed E-state index contributed by atoms with van der Waals surface area (Å²) >= 11 is 0. The zero-order chi connectivity index (χ0) is 14.6. The molecule has 0 amide bonds. The summed E-state index contributed by atoms with van der Waals surface area (Å²) in [7, 11) is 0. The second-order valence-corrected chi connectivity index (χ2v) is 6.36. The first kappa shape index (κ1) is 14.8. The van der Waals surface area contributed by atoms with Gasteiger partial charge >= 0.3 is 0 Å². The van der Waals surface area contributed by atoms with Crippen molar-refractivity contribution in [2.24, 2.45) is 11.3 Å². The third kappa shape index (κ3) is 3.70. The third-order valence-electron chi connectivity index (χ3n) is 4.18. The molecule has 1 heterocycles. The van der Waals surface area contributed by atoms with Crippen LogP contribution < -0.4 is 5.32 Å². The van der Waals surface area contributed by atoms with Gasteiger partial charge in [-0.2, -0.15) is 5.10 Å². The van der Waals surface area contributed by atoms with Crippen molar-refractivity contribution in [3.63, 3.8) is 0 Å². The van der Waals surface area contributed by atoms with Gasteiger partial charge in [0.1, 0.15) is 0 Å². The highest BCUT2D eigenvalue weighted by Gasteiger charge is 2.21. The molecule has 1 N–H and O–H groups in total. The van der Waals surface area contributed by atoms with E-state index in [1.54, 1.807) is 6.20 Å². The highest BCUT2D eigenvalue weighted by molar-refractivity contribution is 5.33. The molecule has 0 aliphatic carbocycles. The molecule has 0 aliphatic rings. The lowest BCUT2D eigenvalue weighted by molar-refractivity contribution is 0.238. The van der Waals surface area contributed by atoms with Crippen molar-refractivity contribution in [1.82, 2.24) is 15.1 Å². The van der Waals surface area contributed by atoms with Gasteiger partial charge in [-0.1, -0.05) is 39.8 Å². The predicted molar refractivity (Wildman–Crippen MR) is 83.9 cm³/mol. The number of aromatic nitrogens is 2. The van der Waals surface area contributed by atoms with Crippen LogP contribution in [0.15, 0.2) is 42.7 Å². The Morgan fingerprint density at radius 3 is 2.45 bits per heavy atom. The standard InChI is InChI=1S/C17H25N3/c1-14(2)17(3,4)13-18-12-15-6-8-16(9-7-15)20-11-5-10-19-20/h5-11,14,18H,12-13H2,1-4H3. The fourth-order valence-electron chi connectivity index (χ4n) is 1.92. The number of benzene rings is 1. The first-order valence-corrected chi connectivity index (χ1v) is 7.29. The number of hydrogen-bond acceptors (Lipinski definition) is 2. The Morgan fingerprint density at radius 1 is 1.20 bits per heavy atom. The number of nitrogens with zero attached hydrogens (tertiary/aromatic N) is 2. The average molecular weight is 271 g/mol. The van der Waals surface area contributed by atoms with E-state index in [1.165, 1.54) is 5.56 Å². The monoisotopic (exact) mass is 271 g/mol. The highest BCUT2D eigenvalue weighted by atomic mass is 15.3. The van der Waals surface area contributed by atoms with Gasteiger partial charge in [0.05, 0.1) is 5.69 Å². The van der Waals surface area contributed by atoms with Crippen LogP contribution in [0.3, 0.4) is 0 Å². The van der Waals surface area contributed by atoms with Crippen molar-refractivity contribution < 1.29 is 0 Å². The summed E-state index contributed by atoms with van der Waals surface area (Å²) in [5.74, 6) is 0.678. The van der Waals surface area contributed by atoms with Crippen molar-refractivity contribution in [3.05, 3.63) is 48.3 Å². The molecule has 0 spiro atoms. The van der Waals surface area contributed by atoms with Crippen LogP contribution >= 0.6 is 0 Å². The summed E-state index contributed by atoms with van der Waals surface area (Å²) in [4.78, 5) is 0. The molecule has 1 aromatic carbocycles. The molecule has 0 unspecified atom stereocenters. The smallest absolute Gasteiger partial charge is 0.0645 e. The Balaban J connectivity index is 1.89. The second-order valence-electron chi connectivity index (χ2n) is 6.36. The minimum absolute atomic E-state index is 0.328. The maximum atomic E-state index is 4.23. The maximum Gasteiger partial charge on any atom is 0.0645 e. The maximum absolute atomic E-state index is 4.23. The van der Waals surface area contributed by atoms with Crippen molar-refractivity contribution in [3.8, 4) is 5.69 Å². The number of rotatable bonds is 6. The normalized spacial score (nSPS) is 12.1. The SMILES string of the molecule is CC(C)C(C)(C)CNCc1ccc(-n2cccn2)cc1. The molecule has 3 heteroatoms. The summed E-state index contributed by atoms with van der Waals surface area (Å²) < 4.78 is 1.87. The molecule has 0 radical (unpaired) electrons. The van der Waals surface area contributed by atoms with E-state index in [1.807, 2.05) is 16.9 Å². The molecule has 20 heavy (non-hydrogen) atoms. The lowest BCUT2D eigenvalue weighted by Gasteiger charge is -2.29. The molecule has 2 rings (SSSR count). The van der Waals surface area contributed by atoms with E-state index in [9.17, 15) is 0 Å². The quantitative estimate of drug-likeness (QED) is 0.869. The van der Waals surface area contributed by atoms with E-state index in [0.717, 1.165) is 18.8 Å². The van der Waals surface area contributed by atoms with Gasteiger partial charge in [0.2, 0.25) is 0 Å². The van der Waals surface area contributed by atoms with Gasteiger partial charge in [0.25, 0.3) is 0 Å². The van der Waals surface area contributed by atoms with E-state index >= 15 is 0 Å². The zero-order valence-corrected chi connectivity index (χ0v) is 12.9. The van der Waals surface area contributed by atoms with Crippen LogP contribution in [0.4, 0.5) is 0 Å². The first-order valence-electron chi connectivity index (χ1n) is 7.29. The van der Waals surface area contributed by atoms with Gasteiger partial charge in [0, 0.05) is 25.5 Å². The second kappa shape index (κ2) is 6.23. The summed E-state index contributed by atoms with van der Waals surface area (Å²) in [6, 6.07) is 10.5. The van der Waals surface area contributed by atoms with Crippen molar-refractivity contribution >= 4 is 0 Å². The van der Waals surface area contributed by atoms with E-state index in [2.05, 4.69) is 62.4 Å². The lowest BCUT2D eigenvalue weighted by atomic mass is 9.81. The molecule has 0 aliphatic heterocycles. The molecule has 1 aromatic heterocycles. The lowest BCUT2D eigenvalue weighted by Crippen LogP contribution is -2.33. The third-order valence-corrected chi connectivity index (χ3v) is 4.18. The van der Waals surface area contributed by atoms with E-state index in [4.69, 9.17) is 0 Å². The summed E-state index contributed by atoms with van der Waals surface area (Å²) in [6.45, 7) is 11.1.